The summed E-state index contributed by atoms with van der Waals surface area (Å²) in [6.07, 6.45) is 5.11. The van der Waals surface area contributed by atoms with Crippen LogP contribution in [0.4, 0.5) is 0 Å². The van der Waals surface area contributed by atoms with Gasteiger partial charge in [-0.2, -0.15) is 5.26 Å². The van der Waals surface area contributed by atoms with Crippen molar-refractivity contribution < 1.29 is 9.59 Å². The van der Waals surface area contributed by atoms with Gasteiger partial charge in [0.2, 0.25) is 5.91 Å². The van der Waals surface area contributed by atoms with Crippen molar-refractivity contribution in [2.45, 2.75) is 12.5 Å². The van der Waals surface area contributed by atoms with Gasteiger partial charge in [0.15, 0.2) is 0 Å². The normalized spacial score (nSPS) is 10.8. The number of amides is 2. The topological polar surface area (TPSA) is 96.0 Å². The minimum absolute atomic E-state index is 0.0390. The lowest BCUT2D eigenvalue weighted by Gasteiger charge is -2.12. The zero-order valence-corrected chi connectivity index (χ0v) is 9.51. The molecule has 5 heteroatoms. The van der Waals surface area contributed by atoms with Gasteiger partial charge in [0.1, 0.15) is 6.04 Å². The van der Waals surface area contributed by atoms with Gasteiger partial charge < -0.3 is 11.1 Å². The number of rotatable bonds is 4. The average Bonchev–Trinajstić information content (AvgIpc) is 2.38. The molecule has 18 heavy (non-hydrogen) atoms. The number of carbonyl (C=O) groups is 2. The zero-order valence-electron chi connectivity index (χ0n) is 9.51. The van der Waals surface area contributed by atoms with E-state index in [2.05, 4.69) is 11.2 Å². The van der Waals surface area contributed by atoms with Crippen LogP contribution in [-0.2, 0) is 4.79 Å². The number of nitrogens with two attached hydrogens (primary N) is 1. The molecular formula is C13H11N3O2. The Kier molecular flexibility index (Phi) is 4.48. The van der Waals surface area contributed by atoms with E-state index in [0.29, 0.717) is 11.1 Å². The minimum atomic E-state index is -0.891. The molecule has 0 saturated heterocycles. The predicted octanol–water partition coefficient (Wildman–Crippen LogP) is 0.165. The maximum absolute atomic E-state index is 11.8. The number of nitrogens with zero attached hydrogens (tertiary/aromatic N) is 1. The molecule has 0 aromatic heterocycles. The Morgan fingerprint density at radius 1 is 1.39 bits per heavy atom. The van der Waals surface area contributed by atoms with E-state index in [0.717, 1.165) is 0 Å². The van der Waals surface area contributed by atoms with Crippen LogP contribution in [-0.4, -0.2) is 17.9 Å². The first-order valence-corrected chi connectivity index (χ1v) is 5.12. The molecule has 0 unspecified atom stereocenters. The Balaban J connectivity index is 2.78. The van der Waals surface area contributed by atoms with Crippen molar-refractivity contribution in [1.29, 1.82) is 5.26 Å². The van der Waals surface area contributed by atoms with Gasteiger partial charge in [-0.3, -0.25) is 9.59 Å². The fraction of sp³-hybridized carbons (Fsp3) is 0.154. The molecular weight excluding hydrogens is 230 g/mol. The molecule has 0 fully saturated rings. The summed E-state index contributed by atoms with van der Waals surface area (Å²) >= 11 is 0. The molecule has 0 spiro atoms. The smallest absolute Gasteiger partial charge is 0.251 e. The SMILES string of the molecule is C#CC[C@@H](NC(=O)c1ccc(C#N)cc1)C(N)=O. The van der Waals surface area contributed by atoms with Crippen LogP contribution in [0.5, 0.6) is 0 Å². The van der Waals surface area contributed by atoms with Gasteiger partial charge in [0.05, 0.1) is 11.6 Å². The standard InChI is InChI=1S/C13H11N3O2/c1-2-3-11(12(15)17)16-13(18)10-6-4-9(8-14)5-7-10/h1,4-7,11H,3H2,(H2,15,17)(H,16,18)/t11-/m1/s1. The summed E-state index contributed by atoms with van der Waals surface area (Å²) in [6.45, 7) is 0. The second-order valence-electron chi connectivity index (χ2n) is 3.53. The molecule has 0 heterocycles. The van der Waals surface area contributed by atoms with Crippen molar-refractivity contribution >= 4 is 11.8 Å². The van der Waals surface area contributed by atoms with Crippen molar-refractivity contribution in [2.24, 2.45) is 5.73 Å². The summed E-state index contributed by atoms with van der Waals surface area (Å²) < 4.78 is 0. The van der Waals surface area contributed by atoms with E-state index in [1.54, 1.807) is 0 Å². The summed E-state index contributed by atoms with van der Waals surface area (Å²) in [5.41, 5.74) is 5.88. The van der Waals surface area contributed by atoms with Crippen LogP contribution in [0.2, 0.25) is 0 Å². The third kappa shape index (κ3) is 3.36. The van der Waals surface area contributed by atoms with Crippen LogP contribution in [0.15, 0.2) is 24.3 Å². The number of terminal acetylenes is 1. The molecule has 0 radical (unpaired) electrons. The lowest BCUT2D eigenvalue weighted by Crippen LogP contribution is -2.44. The van der Waals surface area contributed by atoms with Crippen molar-refractivity contribution in [1.82, 2.24) is 5.32 Å². The van der Waals surface area contributed by atoms with E-state index >= 15 is 0 Å². The maximum Gasteiger partial charge on any atom is 0.251 e. The molecule has 3 N–H and O–H groups in total. The molecule has 1 rings (SSSR count). The molecule has 1 atom stereocenters. The number of benzene rings is 1. The molecule has 0 aliphatic carbocycles. The monoisotopic (exact) mass is 241 g/mol. The molecule has 1 aromatic carbocycles. The molecule has 0 bridgehead atoms. The largest absolute Gasteiger partial charge is 0.368 e. The van der Waals surface area contributed by atoms with Crippen molar-refractivity contribution in [3.05, 3.63) is 35.4 Å². The van der Waals surface area contributed by atoms with Gasteiger partial charge in [0, 0.05) is 12.0 Å². The fourth-order valence-corrected chi connectivity index (χ4v) is 1.28. The summed E-state index contributed by atoms with van der Waals surface area (Å²) in [5, 5.41) is 11.1. The van der Waals surface area contributed by atoms with Crippen LogP contribution >= 0.6 is 0 Å². The Hall–Kier alpha value is -2.79. The Labute approximate surface area is 105 Å². The first-order chi connectivity index (χ1) is 8.58. The number of hydrogen-bond donors (Lipinski definition) is 2. The molecule has 1 aromatic rings. The van der Waals surface area contributed by atoms with Crippen molar-refractivity contribution in [3.8, 4) is 18.4 Å². The third-order valence-corrected chi connectivity index (χ3v) is 2.25. The van der Waals surface area contributed by atoms with E-state index < -0.39 is 17.9 Å². The summed E-state index contributed by atoms with van der Waals surface area (Å²) in [7, 11) is 0. The van der Waals surface area contributed by atoms with E-state index in [9.17, 15) is 9.59 Å². The van der Waals surface area contributed by atoms with Gasteiger partial charge in [-0.05, 0) is 24.3 Å². The summed E-state index contributed by atoms with van der Waals surface area (Å²) in [5.74, 6) is 1.12. The Morgan fingerprint density at radius 3 is 2.44 bits per heavy atom. The highest BCUT2D eigenvalue weighted by Crippen LogP contribution is 2.04. The number of nitriles is 1. The lowest BCUT2D eigenvalue weighted by molar-refractivity contribution is -0.119. The first-order valence-electron chi connectivity index (χ1n) is 5.12. The molecule has 2 amide bonds. The maximum atomic E-state index is 11.8. The van der Waals surface area contributed by atoms with Gasteiger partial charge >= 0.3 is 0 Å². The summed E-state index contributed by atoms with van der Waals surface area (Å²) in [6, 6.07) is 7.04. The number of nitrogens with one attached hydrogen (secondary N) is 1. The molecule has 0 aliphatic rings. The summed E-state index contributed by atoms with van der Waals surface area (Å²) in [4.78, 5) is 22.8. The van der Waals surface area contributed by atoms with Gasteiger partial charge in [-0.1, -0.05) is 0 Å². The van der Waals surface area contributed by atoms with Gasteiger partial charge in [-0.15, -0.1) is 12.3 Å². The first kappa shape index (κ1) is 13.3. The second kappa shape index (κ2) is 6.07. The number of carbonyl (C=O) groups excluding carboxylic acids is 2. The van der Waals surface area contributed by atoms with Gasteiger partial charge in [0.25, 0.3) is 5.91 Å². The lowest BCUT2D eigenvalue weighted by atomic mass is 10.1. The van der Waals surface area contributed by atoms with E-state index in [-0.39, 0.29) is 6.42 Å². The Morgan fingerprint density at radius 2 is 2.00 bits per heavy atom. The second-order valence-corrected chi connectivity index (χ2v) is 3.53. The minimum Gasteiger partial charge on any atom is -0.368 e. The van der Waals surface area contributed by atoms with E-state index in [4.69, 9.17) is 17.4 Å². The molecule has 0 saturated carbocycles. The highest BCUT2D eigenvalue weighted by Gasteiger charge is 2.17. The number of primary amides is 1. The quantitative estimate of drug-likeness (QED) is 0.735. The fourth-order valence-electron chi connectivity index (χ4n) is 1.28. The van der Waals surface area contributed by atoms with Crippen LogP contribution in [0.25, 0.3) is 0 Å². The van der Waals surface area contributed by atoms with Crippen LogP contribution < -0.4 is 11.1 Å². The van der Waals surface area contributed by atoms with Crippen LogP contribution in [0, 0.1) is 23.7 Å². The molecule has 90 valence electrons. The predicted molar refractivity (Wildman–Crippen MR) is 65.1 cm³/mol. The highest BCUT2D eigenvalue weighted by molar-refractivity contribution is 5.97. The zero-order chi connectivity index (χ0) is 13.5. The van der Waals surface area contributed by atoms with Crippen LogP contribution in [0.1, 0.15) is 22.3 Å². The van der Waals surface area contributed by atoms with Gasteiger partial charge in [-0.25, -0.2) is 0 Å². The number of hydrogen-bond acceptors (Lipinski definition) is 3. The van der Waals surface area contributed by atoms with E-state index in [1.165, 1.54) is 24.3 Å². The van der Waals surface area contributed by atoms with Crippen LogP contribution in [0.3, 0.4) is 0 Å². The van der Waals surface area contributed by atoms with Crippen molar-refractivity contribution in [2.75, 3.05) is 0 Å². The molecule has 0 aliphatic heterocycles. The van der Waals surface area contributed by atoms with E-state index in [1.807, 2.05) is 6.07 Å². The highest BCUT2D eigenvalue weighted by atomic mass is 16.2. The Bertz CT molecular complexity index is 535. The average molecular weight is 241 g/mol. The third-order valence-electron chi connectivity index (χ3n) is 2.25. The molecule has 5 nitrogen and oxygen atoms in total. The van der Waals surface area contributed by atoms with Crippen molar-refractivity contribution in [3.63, 3.8) is 0 Å².